The molecule has 1 amide bonds. The smallest absolute Gasteiger partial charge is 0.271 e. The molecule has 0 atom stereocenters. The van der Waals surface area contributed by atoms with Gasteiger partial charge in [-0.15, -0.1) is 0 Å². The molecule has 21 heavy (non-hydrogen) atoms. The molecule has 108 valence electrons. The minimum atomic E-state index is -0.326. The van der Waals surface area contributed by atoms with Gasteiger partial charge in [0.05, 0.1) is 5.71 Å². The van der Waals surface area contributed by atoms with Gasteiger partial charge in [0.15, 0.2) is 0 Å². The lowest BCUT2D eigenvalue weighted by atomic mass is 10.1. The van der Waals surface area contributed by atoms with Gasteiger partial charge in [-0.1, -0.05) is 17.7 Å². The van der Waals surface area contributed by atoms with Gasteiger partial charge in [-0.25, -0.2) is 5.43 Å². The molecule has 5 nitrogen and oxygen atoms in total. The third-order valence-corrected chi connectivity index (χ3v) is 3.01. The molecule has 0 unspecified atom stereocenters. The lowest BCUT2D eigenvalue weighted by Crippen LogP contribution is -2.19. The number of carbonyl (C=O) groups excluding carboxylic acids is 1. The van der Waals surface area contributed by atoms with E-state index in [1.807, 2.05) is 19.1 Å². The van der Waals surface area contributed by atoms with Crippen molar-refractivity contribution in [1.82, 2.24) is 5.43 Å². The van der Waals surface area contributed by atoms with E-state index in [0.29, 0.717) is 16.8 Å². The Morgan fingerprint density at radius 1 is 1.10 bits per heavy atom. The number of nitrogens with zero attached hydrogens (tertiary/aromatic N) is 1. The van der Waals surface area contributed by atoms with Gasteiger partial charge in [0.1, 0.15) is 11.5 Å². The van der Waals surface area contributed by atoms with E-state index in [9.17, 15) is 15.0 Å². The minimum Gasteiger partial charge on any atom is -0.508 e. The number of phenolic OH excluding ortho intramolecular Hbond substituents is 2. The number of aryl methyl sites for hydroxylation is 1. The van der Waals surface area contributed by atoms with Crippen LogP contribution in [0.25, 0.3) is 0 Å². The van der Waals surface area contributed by atoms with Crippen molar-refractivity contribution in [3.63, 3.8) is 0 Å². The number of phenols is 2. The molecule has 0 heterocycles. The predicted octanol–water partition coefficient (Wildman–Crippen LogP) is 2.56. The van der Waals surface area contributed by atoms with Crippen LogP contribution in [-0.4, -0.2) is 21.8 Å². The fourth-order valence-corrected chi connectivity index (χ4v) is 1.79. The normalized spacial score (nSPS) is 11.2. The maximum atomic E-state index is 11.9. The van der Waals surface area contributed by atoms with Crippen LogP contribution in [0.4, 0.5) is 0 Å². The molecule has 0 fully saturated rings. The summed E-state index contributed by atoms with van der Waals surface area (Å²) in [6, 6.07) is 11.3. The molecule has 2 aromatic rings. The van der Waals surface area contributed by atoms with E-state index in [0.717, 1.165) is 5.56 Å². The molecular formula is C16H16N2O3. The first-order valence-corrected chi connectivity index (χ1v) is 6.41. The van der Waals surface area contributed by atoms with E-state index in [-0.39, 0.29) is 17.4 Å². The lowest BCUT2D eigenvalue weighted by molar-refractivity contribution is 0.0955. The average molecular weight is 284 g/mol. The number of nitrogens with one attached hydrogen (secondary N) is 1. The van der Waals surface area contributed by atoms with Crippen LogP contribution in [0, 0.1) is 6.92 Å². The van der Waals surface area contributed by atoms with Crippen molar-refractivity contribution in [1.29, 1.82) is 0 Å². The van der Waals surface area contributed by atoms with Crippen LogP contribution in [0.1, 0.15) is 28.4 Å². The zero-order chi connectivity index (χ0) is 15.4. The number of benzene rings is 2. The van der Waals surface area contributed by atoms with Crippen molar-refractivity contribution in [3.05, 3.63) is 59.2 Å². The molecule has 2 rings (SSSR count). The Kier molecular flexibility index (Phi) is 4.23. The zero-order valence-electron chi connectivity index (χ0n) is 11.8. The summed E-state index contributed by atoms with van der Waals surface area (Å²) in [6.07, 6.45) is 0. The quantitative estimate of drug-likeness (QED) is 0.598. The Balaban J connectivity index is 2.12. The van der Waals surface area contributed by atoms with E-state index in [2.05, 4.69) is 10.5 Å². The summed E-state index contributed by atoms with van der Waals surface area (Å²) in [4.78, 5) is 11.9. The van der Waals surface area contributed by atoms with E-state index in [4.69, 9.17) is 0 Å². The molecule has 2 aromatic carbocycles. The van der Waals surface area contributed by atoms with E-state index in [1.54, 1.807) is 19.1 Å². The number of aromatic hydroxyl groups is 2. The molecular weight excluding hydrogens is 268 g/mol. The summed E-state index contributed by atoms with van der Waals surface area (Å²) in [7, 11) is 0. The summed E-state index contributed by atoms with van der Waals surface area (Å²) < 4.78 is 0. The fourth-order valence-electron chi connectivity index (χ4n) is 1.79. The third kappa shape index (κ3) is 3.60. The van der Waals surface area contributed by atoms with Crippen molar-refractivity contribution < 1.29 is 15.0 Å². The van der Waals surface area contributed by atoms with Crippen LogP contribution in [0.3, 0.4) is 0 Å². The summed E-state index contributed by atoms with van der Waals surface area (Å²) in [5, 5.41) is 22.9. The monoisotopic (exact) mass is 284 g/mol. The summed E-state index contributed by atoms with van der Waals surface area (Å²) in [6.45, 7) is 3.60. The maximum Gasteiger partial charge on any atom is 0.271 e. The Morgan fingerprint density at radius 2 is 1.76 bits per heavy atom. The number of carbonyl (C=O) groups is 1. The van der Waals surface area contributed by atoms with Gasteiger partial charge in [0.25, 0.3) is 5.91 Å². The first kappa shape index (κ1) is 14.6. The number of hydrazone groups is 1. The van der Waals surface area contributed by atoms with Gasteiger partial charge >= 0.3 is 0 Å². The summed E-state index contributed by atoms with van der Waals surface area (Å²) >= 11 is 0. The molecule has 5 heteroatoms. The van der Waals surface area contributed by atoms with Crippen LogP contribution in [0.5, 0.6) is 11.5 Å². The second-order valence-corrected chi connectivity index (χ2v) is 4.71. The molecule has 0 saturated carbocycles. The second kappa shape index (κ2) is 6.09. The third-order valence-electron chi connectivity index (χ3n) is 3.01. The SMILES string of the molecule is C/C(=N\NC(=O)c1ccc(C)cc1)c1ccc(O)cc1O. The number of rotatable bonds is 3. The van der Waals surface area contributed by atoms with Gasteiger partial charge in [-0.05, 0) is 38.1 Å². The van der Waals surface area contributed by atoms with E-state index >= 15 is 0 Å². The zero-order valence-corrected chi connectivity index (χ0v) is 11.8. The molecule has 0 saturated heterocycles. The Labute approximate surface area is 122 Å². The highest BCUT2D eigenvalue weighted by atomic mass is 16.3. The standard InChI is InChI=1S/C16H16N2O3/c1-10-3-5-12(6-4-10)16(21)18-17-11(2)14-8-7-13(19)9-15(14)20/h3-9,19-20H,1-2H3,(H,18,21)/b17-11+. The highest BCUT2D eigenvalue weighted by Gasteiger charge is 2.07. The van der Waals surface area contributed by atoms with Gasteiger partial charge in [0, 0.05) is 17.2 Å². The van der Waals surface area contributed by atoms with E-state index < -0.39 is 0 Å². The largest absolute Gasteiger partial charge is 0.508 e. The molecule has 0 aliphatic heterocycles. The maximum absolute atomic E-state index is 11.9. The lowest BCUT2D eigenvalue weighted by Gasteiger charge is -2.05. The van der Waals surface area contributed by atoms with Crippen molar-refractivity contribution in [2.24, 2.45) is 5.10 Å². The van der Waals surface area contributed by atoms with Crippen LogP contribution < -0.4 is 5.43 Å². The van der Waals surface area contributed by atoms with Crippen molar-refractivity contribution in [2.75, 3.05) is 0 Å². The van der Waals surface area contributed by atoms with E-state index in [1.165, 1.54) is 18.2 Å². The second-order valence-electron chi connectivity index (χ2n) is 4.71. The van der Waals surface area contributed by atoms with Gasteiger partial charge < -0.3 is 10.2 Å². The van der Waals surface area contributed by atoms with Gasteiger partial charge in [-0.3, -0.25) is 4.79 Å². The summed E-state index contributed by atoms with van der Waals surface area (Å²) in [5.41, 5.74) is 4.89. The van der Waals surface area contributed by atoms with Crippen molar-refractivity contribution in [2.45, 2.75) is 13.8 Å². The summed E-state index contributed by atoms with van der Waals surface area (Å²) in [5.74, 6) is -0.457. The molecule has 0 aliphatic carbocycles. The predicted molar refractivity (Wildman–Crippen MR) is 80.6 cm³/mol. The average Bonchev–Trinajstić information content (AvgIpc) is 2.45. The first-order valence-electron chi connectivity index (χ1n) is 6.41. The van der Waals surface area contributed by atoms with Crippen molar-refractivity contribution >= 4 is 11.6 Å². The Bertz CT molecular complexity index is 691. The molecule has 0 aliphatic rings. The highest BCUT2D eigenvalue weighted by Crippen LogP contribution is 2.22. The van der Waals surface area contributed by atoms with Gasteiger partial charge in [0.2, 0.25) is 0 Å². The van der Waals surface area contributed by atoms with Crippen LogP contribution in [0.2, 0.25) is 0 Å². The molecule has 0 radical (unpaired) electrons. The number of hydrogen-bond donors (Lipinski definition) is 3. The highest BCUT2D eigenvalue weighted by molar-refractivity contribution is 6.02. The Hall–Kier alpha value is -2.82. The topological polar surface area (TPSA) is 81.9 Å². The molecule has 0 bridgehead atoms. The first-order chi connectivity index (χ1) is 9.97. The minimum absolute atomic E-state index is 0.0345. The fraction of sp³-hybridized carbons (Fsp3) is 0.125. The van der Waals surface area contributed by atoms with Crippen LogP contribution >= 0.6 is 0 Å². The van der Waals surface area contributed by atoms with Crippen LogP contribution in [-0.2, 0) is 0 Å². The molecule has 0 spiro atoms. The Morgan fingerprint density at radius 3 is 2.38 bits per heavy atom. The molecule has 3 N–H and O–H groups in total. The number of hydrogen-bond acceptors (Lipinski definition) is 4. The molecule has 0 aromatic heterocycles. The van der Waals surface area contributed by atoms with Crippen LogP contribution in [0.15, 0.2) is 47.6 Å². The van der Waals surface area contributed by atoms with Crippen molar-refractivity contribution in [3.8, 4) is 11.5 Å². The van der Waals surface area contributed by atoms with Gasteiger partial charge in [-0.2, -0.15) is 5.10 Å². The number of amides is 1.